The van der Waals surface area contributed by atoms with Gasteiger partial charge in [0.15, 0.2) is 0 Å². The number of aliphatic carboxylic acids is 1. The molecule has 2 rings (SSSR count). The molecule has 2 saturated carbocycles. The molecule has 2 amide bonds. The largest absolute Gasteiger partial charge is 0.480 e. The maximum atomic E-state index is 12.1. The van der Waals surface area contributed by atoms with Crippen LogP contribution in [0.15, 0.2) is 0 Å². The summed E-state index contributed by atoms with van der Waals surface area (Å²) in [6.07, 6.45) is 6.07. The molecule has 2 N–H and O–H groups in total. The molecule has 2 aliphatic carbocycles. The Bertz CT molecular complexity index is 320. The summed E-state index contributed by atoms with van der Waals surface area (Å²) >= 11 is 0. The van der Waals surface area contributed by atoms with Gasteiger partial charge in [0.2, 0.25) is 0 Å². The second kappa shape index (κ2) is 5.59. The molecule has 0 spiro atoms. The first-order chi connectivity index (χ1) is 8.56. The summed E-state index contributed by atoms with van der Waals surface area (Å²) in [4.78, 5) is 24.5. The van der Waals surface area contributed by atoms with Crippen LogP contribution in [-0.2, 0) is 4.79 Å². The van der Waals surface area contributed by atoms with Crippen LogP contribution < -0.4 is 5.32 Å². The molecule has 0 bridgehead atoms. The quantitative estimate of drug-likeness (QED) is 0.804. The predicted molar refractivity (Wildman–Crippen MR) is 67.3 cm³/mol. The minimum atomic E-state index is -0.931. The third-order valence-corrected chi connectivity index (χ3v) is 4.03. The zero-order chi connectivity index (χ0) is 13.1. The molecule has 5 nitrogen and oxygen atoms in total. The van der Waals surface area contributed by atoms with E-state index in [1.54, 1.807) is 0 Å². The van der Waals surface area contributed by atoms with Crippen molar-refractivity contribution in [3.63, 3.8) is 0 Å². The molecule has 0 aliphatic heterocycles. The molecular weight excluding hydrogens is 232 g/mol. The number of carbonyl (C=O) groups is 2. The average molecular weight is 254 g/mol. The van der Waals surface area contributed by atoms with Crippen molar-refractivity contribution in [2.75, 3.05) is 6.54 Å². The predicted octanol–water partition coefficient (Wildman–Crippen LogP) is 1.82. The van der Waals surface area contributed by atoms with E-state index < -0.39 is 5.97 Å². The third-order valence-electron chi connectivity index (χ3n) is 4.03. The van der Waals surface area contributed by atoms with Gasteiger partial charge in [0.05, 0.1) is 0 Å². The van der Waals surface area contributed by atoms with Gasteiger partial charge >= 0.3 is 12.0 Å². The van der Waals surface area contributed by atoms with E-state index in [0.29, 0.717) is 5.92 Å². The fourth-order valence-electron chi connectivity index (χ4n) is 3.01. The zero-order valence-corrected chi connectivity index (χ0v) is 10.9. The van der Waals surface area contributed by atoms with E-state index in [4.69, 9.17) is 5.11 Å². The lowest BCUT2D eigenvalue weighted by Gasteiger charge is -2.36. The average Bonchev–Trinajstić information content (AvgIpc) is 2.76. The maximum absolute atomic E-state index is 12.1. The molecule has 5 heteroatoms. The first-order valence-corrected chi connectivity index (χ1v) is 6.85. The number of hydrogen-bond donors (Lipinski definition) is 2. The molecule has 102 valence electrons. The second-order valence-corrected chi connectivity index (χ2v) is 5.68. The third kappa shape index (κ3) is 3.15. The van der Waals surface area contributed by atoms with E-state index >= 15 is 0 Å². The first-order valence-electron chi connectivity index (χ1n) is 6.85. The second-order valence-electron chi connectivity index (χ2n) is 5.68. The summed E-state index contributed by atoms with van der Waals surface area (Å²) in [5, 5.41) is 11.9. The Morgan fingerprint density at radius 3 is 2.39 bits per heavy atom. The fraction of sp³-hybridized carbons (Fsp3) is 0.846. The molecule has 18 heavy (non-hydrogen) atoms. The van der Waals surface area contributed by atoms with Crippen molar-refractivity contribution >= 4 is 12.0 Å². The van der Waals surface area contributed by atoms with E-state index in [1.807, 2.05) is 0 Å². The van der Waals surface area contributed by atoms with Crippen LogP contribution in [0.2, 0.25) is 0 Å². The van der Waals surface area contributed by atoms with Crippen LogP contribution in [-0.4, -0.2) is 40.6 Å². The van der Waals surface area contributed by atoms with E-state index in [-0.39, 0.29) is 24.7 Å². The van der Waals surface area contributed by atoms with Gasteiger partial charge in [0, 0.05) is 12.1 Å². The maximum Gasteiger partial charge on any atom is 0.323 e. The van der Waals surface area contributed by atoms with E-state index in [9.17, 15) is 9.59 Å². The normalized spacial score (nSPS) is 27.6. The first kappa shape index (κ1) is 13.2. The summed E-state index contributed by atoms with van der Waals surface area (Å²) in [7, 11) is 0. The van der Waals surface area contributed by atoms with Gasteiger partial charge in [0.25, 0.3) is 0 Å². The Morgan fingerprint density at radius 2 is 1.89 bits per heavy atom. The number of amides is 2. The summed E-state index contributed by atoms with van der Waals surface area (Å²) in [6.45, 7) is 1.98. The molecule has 0 aromatic rings. The fourth-order valence-corrected chi connectivity index (χ4v) is 3.01. The number of carbonyl (C=O) groups excluding carboxylic acids is 1. The van der Waals surface area contributed by atoms with Crippen molar-refractivity contribution in [3.05, 3.63) is 0 Å². The minimum absolute atomic E-state index is 0.110. The number of hydrogen-bond acceptors (Lipinski definition) is 2. The number of rotatable bonds is 4. The van der Waals surface area contributed by atoms with E-state index in [2.05, 4.69) is 12.2 Å². The highest BCUT2D eigenvalue weighted by atomic mass is 16.4. The van der Waals surface area contributed by atoms with Gasteiger partial charge in [-0.05, 0) is 31.6 Å². The van der Waals surface area contributed by atoms with Crippen molar-refractivity contribution in [2.24, 2.45) is 5.92 Å². The molecule has 0 aromatic carbocycles. The number of nitrogens with zero attached hydrogens (tertiary/aromatic N) is 1. The lowest BCUT2D eigenvalue weighted by molar-refractivity contribution is -0.138. The molecule has 0 radical (unpaired) electrons. The smallest absolute Gasteiger partial charge is 0.323 e. The summed E-state index contributed by atoms with van der Waals surface area (Å²) in [5.41, 5.74) is 0. The molecule has 0 aromatic heterocycles. The van der Waals surface area contributed by atoms with Crippen LogP contribution in [0.1, 0.15) is 45.4 Å². The lowest BCUT2D eigenvalue weighted by Crippen LogP contribution is -2.53. The van der Waals surface area contributed by atoms with Crippen molar-refractivity contribution in [1.82, 2.24) is 10.2 Å². The highest BCUT2D eigenvalue weighted by Gasteiger charge is 2.32. The van der Waals surface area contributed by atoms with Crippen molar-refractivity contribution in [2.45, 2.75) is 57.5 Å². The minimum Gasteiger partial charge on any atom is -0.480 e. The summed E-state index contributed by atoms with van der Waals surface area (Å²) < 4.78 is 0. The Balaban J connectivity index is 1.89. The van der Waals surface area contributed by atoms with Crippen LogP contribution in [0.25, 0.3) is 0 Å². The number of carboxylic acids is 1. The van der Waals surface area contributed by atoms with Crippen LogP contribution in [0.3, 0.4) is 0 Å². The highest BCUT2D eigenvalue weighted by Crippen LogP contribution is 2.27. The molecule has 0 saturated heterocycles. The summed E-state index contributed by atoms with van der Waals surface area (Å²) in [5.74, 6) is -0.256. The zero-order valence-electron chi connectivity index (χ0n) is 10.9. The SMILES string of the molecule is CC1CC(NC(=O)N(CC(=O)O)C2CCCC2)C1. The Morgan fingerprint density at radius 1 is 1.28 bits per heavy atom. The Labute approximate surface area is 108 Å². The molecule has 2 aliphatic rings. The Hall–Kier alpha value is -1.26. The van der Waals surface area contributed by atoms with Gasteiger partial charge in [-0.1, -0.05) is 19.8 Å². The van der Waals surface area contributed by atoms with Gasteiger partial charge in [-0.25, -0.2) is 4.79 Å². The van der Waals surface area contributed by atoms with Crippen LogP contribution in [0.5, 0.6) is 0 Å². The van der Waals surface area contributed by atoms with Gasteiger partial charge in [-0.3, -0.25) is 4.79 Å². The molecule has 0 atom stereocenters. The van der Waals surface area contributed by atoms with Crippen molar-refractivity contribution < 1.29 is 14.7 Å². The Kier molecular flexibility index (Phi) is 4.09. The molecule has 0 heterocycles. The topological polar surface area (TPSA) is 69.6 Å². The monoisotopic (exact) mass is 254 g/mol. The molecular formula is C13H22N2O3. The van der Waals surface area contributed by atoms with Gasteiger partial charge in [0.1, 0.15) is 6.54 Å². The van der Waals surface area contributed by atoms with E-state index in [1.165, 1.54) is 4.90 Å². The van der Waals surface area contributed by atoms with E-state index in [0.717, 1.165) is 38.5 Å². The lowest BCUT2D eigenvalue weighted by atomic mass is 9.82. The number of nitrogens with one attached hydrogen (secondary N) is 1. The summed E-state index contributed by atoms with van der Waals surface area (Å²) in [6, 6.07) is 0.157. The van der Waals surface area contributed by atoms with Gasteiger partial charge in [-0.2, -0.15) is 0 Å². The molecule has 0 unspecified atom stereocenters. The van der Waals surface area contributed by atoms with Crippen LogP contribution in [0, 0.1) is 5.92 Å². The number of urea groups is 1. The van der Waals surface area contributed by atoms with Gasteiger partial charge < -0.3 is 15.3 Å². The standard InChI is InChI=1S/C13H22N2O3/c1-9-6-10(7-9)14-13(18)15(8-12(16)17)11-4-2-3-5-11/h9-11H,2-8H2,1H3,(H,14,18)(H,16,17). The highest BCUT2D eigenvalue weighted by molar-refractivity contribution is 5.80. The van der Waals surface area contributed by atoms with Crippen LogP contribution >= 0.6 is 0 Å². The van der Waals surface area contributed by atoms with Crippen molar-refractivity contribution in [1.29, 1.82) is 0 Å². The van der Waals surface area contributed by atoms with Crippen LogP contribution in [0.4, 0.5) is 4.79 Å². The van der Waals surface area contributed by atoms with Crippen molar-refractivity contribution in [3.8, 4) is 0 Å². The van der Waals surface area contributed by atoms with Gasteiger partial charge in [-0.15, -0.1) is 0 Å². The number of carboxylic acid groups (broad SMARTS) is 1. The molecule has 2 fully saturated rings.